The lowest BCUT2D eigenvalue weighted by Crippen LogP contribution is -2.47. The number of amides is 3. The van der Waals surface area contributed by atoms with E-state index in [2.05, 4.69) is 26.4 Å². The third-order valence-electron chi connectivity index (χ3n) is 5.23. The fourth-order valence-corrected chi connectivity index (χ4v) is 3.38. The van der Waals surface area contributed by atoms with Gasteiger partial charge in [0.1, 0.15) is 22.5 Å². The van der Waals surface area contributed by atoms with Gasteiger partial charge in [-0.15, -0.1) is 15.0 Å². The van der Waals surface area contributed by atoms with Gasteiger partial charge in [0, 0.05) is 18.5 Å². The number of nitrogens with one attached hydrogen (secondary N) is 3. The summed E-state index contributed by atoms with van der Waals surface area (Å²) in [7, 11) is 0. The van der Waals surface area contributed by atoms with Crippen molar-refractivity contribution in [1.82, 2.24) is 31.2 Å². The summed E-state index contributed by atoms with van der Waals surface area (Å²) in [6, 6.07) is 10.8. The van der Waals surface area contributed by atoms with Crippen molar-refractivity contribution in [2.75, 3.05) is 6.54 Å². The number of carbonyl (C=O) groups excluding carboxylic acids is 2. The minimum Gasteiger partial charge on any atom is -0.505 e. The molecular weight excluding hydrogens is 420 g/mol. The molecule has 0 fully saturated rings. The van der Waals surface area contributed by atoms with Crippen molar-refractivity contribution in [1.29, 1.82) is 0 Å². The molecule has 0 spiro atoms. The summed E-state index contributed by atoms with van der Waals surface area (Å²) in [6.45, 7) is 8.62. The Morgan fingerprint density at radius 1 is 1.06 bits per heavy atom. The summed E-state index contributed by atoms with van der Waals surface area (Å²) in [5.41, 5.74) is 7.96. The van der Waals surface area contributed by atoms with Gasteiger partial charge in [0.15, 0.2) is 0 Å². The number of carbonyl (C=O) groups is 2. The molecule has 0 radical (unpaired) electrons. The van der Waals surface area contributed by atoms with Gasteiger partial charge in [-0.3, -0.25) is 10.2 Å². The van der Waals surface area contributed by atoms with Crippen LogP contribution >= 0.6 is 0 Å². The average Bonchev–Trinajstić information content (AvgIpc) is 3.20. The summed E-state index contributed by atoms with van der Waals surface area (Å²) in [5, 5.41) is 22.7. The monoisotopic (exact) mass is 452 g/mol. The Hall–Kier alpha value is -3.62. The van der Waals surface area contributed by atoms with Crippen molar-refractivity contribution in [2.24, 2.45) is 0 Å². The normalized spacial score (nSPS) is 11.4. The summed E-state index contributed by atoms with van der Waals surface area (Å²) in [5.74, 6) is -0.197. The number of hydrogen-bond acceptors (Lipinski definition) is 5. The molecule has 0 unspecified atom stereocenters. The van der Waals surface area contributed by atoms with Gasteiger partial charge in [-0.1, -0.05) is 52.3 Å². The van der Waals surface area contributed by atoms with Crippen molar-refractivity contribution >= 4 is 23.0 Å². The number of phenolic OH excluding ortho intramolecular Hbond substituents is 1. The van der Waals surface area contributed by atoms with Crippen LogP contribution in [0.25, 0.3) is 16.7 Å². The van der Waals surface area contributed by atoms with Crippen LogP contribution in [0.3, 0.4) is 0 Å². The van der Waals surface area contributed by atoms with E-state index < -0.39 is 6.03 Å². The number of urea groups is 1. The fourth-order valence-electron chi connectivity index (χ4n) is 3.38. The first-order valence-corrected chi connectivity index (χ1v) is 11.2. The Labute approximate surface area is 193 Å². The summed E-state index contributed by atoms with van der Waals surface area (Å²) < 4.78 is 0. The van der Waals surface area contributed by atoms with E-state index in [1.165, 1.54) is 4.80 Å². The van der Waals surface area contributed by atoms with Crippen LogP contribution in [0.4, 0.5) is 4.79 Å². The molecule has 0 aliphatic carbocycles. The highest BCUT2D eigenvalue weighted by Gasteiger charge is 2.23. The van der Waals surface area contributed by atoms with Crippen molar-refractivity contribution in [2.45, 2.75) is 58.8 Å². The predicted molar refractivity (Wildman–Crippen MR) is 127 cm³/mol. The van der Waals surface area contributed by atoms with Crippen LogP contribution in [-0.4, -0.2) is 38.6 Å². The van der Waals surface area contributed by atoms with E-state index in [1.807, 2.05) is 58.0 Å². The van der Waals surface area contributed by atoms with E-state index >= 15 is 0 Å². The maximum absolute atomic E-state index is 12.2. The van der Waals surface area contributed by atoms with Gasteiger partial charge in [0.05, 0.1) is 0 Å². The van der Waals surface area contributed by atoms with Crippen LogP contribution in [0.15, 0.2) is 36.4 Å². The second-order valence-electron chi connectivity index (χ2n) is 9.02. The van der Waals surface area contributed by atoms with Gasteiger partial charge >= 0.3 is 6.03 Å². The second-order valence-corrected chi connectivity index (χ2v) is 9.02. The van der Waals surface area contributed by atoms with Gasteiger partial charge in [0.2, 0.25) is 5.91 Å². The Morgan fingerprint density at radius 2 is 1.73 bits per heavy atom. The van der Waals surface area contributed by atoms with Crippen LogP contribution in [-0.2, 0) is 16.6 Å². The Kier molecular flexibility index (Phi) is 7.52. The number of aromatic nitrogens is 3. The molecule has 1 aromatic heterocycles. The molecule has 3 aromatic rings. The lowest BCUT2D eigenvalue weighted by atomic mass is 9.84. The molecule has 2 aromatic carbocycles. The number of hydrazine groups is 1. The molecule has 3 rings (SSSR count). The van der Waals surface area contributed by atoms with E-state index in [4.69, 9.17) is 0 Å². The topological polar surface area (TPSA) is 121 Å². The minimum atomic E-state index is -0.435. The van der Waals surface area contributed by atoms with Crippen LogP contribution in [0, 0.1) is 0 Å². The number of aromatic hydroxyl groups is 1. The van der Waals surface area contributed by atoms with Crippen molar-refractivity contribution < 1.29 is 14.7 Å². The molecule has 3 amide bonds. The molecule has 0 saturated heterocycles. The summed E-state index contributed by atoms with van der Waals surface area (Å²) in [4.78, 5) is 25.4. The molecular formula is C24H32N6O3. The van der Waals surface area contributed by atoms with Gasteiger partial charge in [-0.2, -0.15) is 0 Å². The third kappa shape index (κ3) is 6.21. The lowest BCUT2D eigenvalue weighted by Gasteiger charge is -2.23. The molecule has 1 heterocycles. The first-order chi connectivity index (χ1) is 15.7. The lowest BCUT2D eigenvalue weighted by molar-refractivity contribution is -0.121. The van der Waals surface area contributed by atoms with Gasteiger partial charge < -0.3 is 10.4 Å². The standard InChI is InChI=1S/C24H32N6O3/c1-5-6-13-25-23(33)27-26-21(31)12-11-16-14-17(24(2,3)4)22(32)20(15-16)30-28-18-9-7-8-10-19(18)29-30/h7-10,14-15,32H,5-6,11-13H2,1-4H3,(H,26,31)(H2,25,27,33). The molecule has 9 heteroatoms. The minimum absolute atomic E-state index is 0.112. The van der Waals surface area contributed by atoms with Gasteiger partial charge in [-0.05, 0) is 42.0 Å². The number of rotatable bonds is 7. The van der Waals surface area contributed by atoms with Crippen LogP contribution in [0.5, 0.6) is 5.75 Å². The smallest absolute Gasteiger partial charge is 0.333 e. The number of nitrogens with zero attached hydrogens (tertiary/aromatic N) is 3. The second kappa shape index (κ2) is 10.3. The van der Waals surface area contributed by atoms with Crippen molar-refractivity contribution in [3.8, 4) is 11.4 Å². The largest absolute Gasteiger partial charge is 0.505 e. The molecule has 0 atom stereocenters. The quantitative estimate of drug-likeness (QED) is 0.323. The highest BCUT2D eigenvalue weighted by atomic mass is 16.3. The van der Waals surface area contributed by atoms with E-state index in [0.717, 1.165) is 35.0 Å². The summed E-state index contributed by atoms with van der Waals surface area (Å²) in [6.07, 6.45) is 2.43. The van der Waals surface area contributed by atoms with Crippen LogP contribution in [0.2, 0.25) is 0 Å². The zero-order valence-electron chi connectivity index (χ0n) is 19.6. The molecule has 9 nitrogen and oxygen atoms in total. The number of benzene rings is 2. The Morgan fingerprint density at radius 3 is 2.33 bits per heavy atom. The van der Waals surface area contributed by atoms with E-state index in [1.54, 1.807) is 6.07 Å². The van der Waals surface area contributed by atoms with Crippen LogP contribution in [0.1, 0.15) is 58.1 Å². The zero-order chi connectivity index (χ0) is 24.0. The molecule has 0 bridgehead atoms. The summed E-state index contributed by atoms with van der Waals surface area (Å²) >= 11 is 0. The number of unbranched alkanes of at least 4 members (excludes halogenated alkanes) is 1. The molecule has 33 heavy (non-hydrogen) atoms. The van der Waals surface area contributed by atoms with Gasteiger partial charge in [-0.25, -0.2) is 10.2 Å². The maximum Gasteiger partial charge on any atom is 0.333 e. The first kappa shape index (κ1) is 24.0. The number of aryl methyl sites for hydroxylation is 1. The van der Waals surface area contributed by atoms with Crippen molar-refractivity contribution in [3.05, 3.63) is 47.5 Å². The first-order valence-electron chi connectivity index (χ1n) is 11.2. The maximum atomic E-state index is 12.2. The SMILES string of the molecule is CCCCNC(=O)NNC(=O)CCc1cc(-n2nc3ccccc3n2)c(O)c(C(C)(C)C)c1. The third-order valence-corrected chi connectivity index (χ3v) is 5.23. The molecule has 176 valence electrons. The fraction of sp³-hybridized carbons (Fsp3) is 0.417. The van der Waals surface area contributed by atoms with Crippen LogP contribution < -0.4 is 16.2 Å². The van der Waals surface area contributed by atoms with E-state index in [-0.39, 0.29) is 23.5 Å². The van der Waals surface area contributed by atoms with Crippen molar-refractivity contribution in [3.63, 3.8) is 0 Å². The van der Waals surface area contributed by atoms with E-state index in [0.29, 0.717) is 18.7 Å². The van der Waals surface area contributed by atoms with E-state index in [9.17, 15) is 14.7 Å². The molecule has 0 aliphatic heterocycles. The average molecular weight is 453 g/mol. The molecule has 0 aliphatic rings. The highest BCUT2D eigenvalue weighted by Crippen LogP contribution is 2.36. The number of phenols is 1. The van der Waals surface area contributed by atoms with Gasteiger partial charge in [0.25, 0.3) is 0 Å². The Balaban J connectivity index is 1.76. The highest BCUT2D eigenvalue weighted by molar-refractivity contribution is 5.81. The molecule has 4 N–H and O–H groups in total. The predicted octanol–water partition coefficient (Wildman–Crippen LogP) is 3.49. The number of hydrogen-bond donors (Lipinski definition) is 4. The number of fused-ring (bicyclic) bond motifs is 1. The Bertz CT molecular complexity index is 1100. The molecule has 0 saturated carbocycles. The zero-order valence-corrected chi connectivity index (χ0v) is 19.6.